The number of halogens is 1. The second-order valence-electron chi connectivity index (χ2n) is 4.76. The number of pyridine rings is 1. The van der Waals surface area contributed by atoms with E-state index in [1.165, 1.54) is 25.1 Å². The summed E-state index contributed by atoms with van der Waals surface area (Å²) < 4.78 is 1.70. The van der Waals surface area contributed by atoms with Crippen LogP contribution in [0.4, 0.5) is 0 Å². The molecule has 1 unspecified atom stereocenters. The van der Waals surface area contributed by atoms with Crippen LogP contribution in [0.3, 0.4) is 0 Å². The quantitative estimate of drug-likeness (QED) is 0.926. The summed E-state index contributed by atoms with van der Waals surface area (Å²) in [5.41, 5.74) is 0.667. The lowest BCUT2D eigenvalue weighted by Gasteiger charge is -2.08. The van der Waals surface area contributed by atoms with Crippen LogP contribution in [-0.4, -0.2) is 25.7 Å². The van der Waals surface area contributed by atoms with Crippen LogP contribution < -0.4 is 0 Å². The molecule has 18 heavy (non-hydrogen) atoms. The minimum absolute atomic E-state index is 0.150. The van der Waals surface area contributed by atoms with E-state index < -0.39 is 5.97 Å². The lowest BCUT2D eigenvalue weighted by atomic mass is 10.1. The van der Waals surface area contributed by atoms with Crippen LogP contribution in [0.1, 0.15) is 41.9 Å². The van der Waals surface area contributed by atoms with E-state index in [-0.39, 0.29) is 11.5 Å². The van der Waals surface area contributed by atoms with Gasteiger partial charge >= 0.3 is 5.97 Å². The Kier molecular flexibility index (Phi) is 2.52. The van der Waals surface area contributed by atoms with Gasteiger partial charge in [-0.05, 0) is 24.8 Å². The molecule has 1 fully saturated rings. The number of rotatable bonds is 3. The Bertz CT molecular complexity index is 634. The number of aromatic carboxylic acids is 1. The minimum Gasteiger partial charge on any atom is -0.478 e. The second kappa shape index (κ2) is 3.95. The van der Waals surface area contributed by atoms with Gasteiger partial charge in [0, 0.05) is 12.1 Å². The fourth-order valence-corrected chi connectivity index (χ4v) is 2.45. The number of hydrogen-bond donors (Lipinski definition) is 1. The molecule has 94 valence electrons. The Morgan fingerprint density at radius 3 is 2.89 bits per heavy atom. The molecular weight excluding hydrogens is 254 g/mol. The van der Waals surface area contributed by atoms with Crippen molar-refractivity contribution in [3.63, 3.8) is 0 Å². The lowest BCUT2D eigenvalue weighted by molar-refractivity contribution is 0.0696. The predicted molar refractivity (Wildman–Crippen MR) is 66.1 cm³/mol. The standard InChI is InChI=1S/C12H12ClN3O2/c1-6(7-2-3-7)10-14-15-11-9(13)4-8(12(17)18)5-16(10)11/h4-7H,2-3H2,1H3,(H,17,18). The summed E-state index contributed by atoms with van der Waals surface area (Å²) in [5, 5.41) is 17.6. The molecule has 1 atom stereocenters. The summed E-state index contributed by atoms with van der Waals surface area (Å²) in [4.78, 5) is 11.0. The van der Waals surface area contributed by atoms with E-state index in [2.05, 4.69) is 17.1 Å². The number of nitrogens with zero attached hydrogens (tertiary/aromatic N) is 3. The first kappa shape index (κ1) is 11.5. The molecule has 1 N–H and O–H groups in total. The molecule has 0 aromatic carbocycles. The average molecular weight is 266 g/mol. The third-order valence-electron chi connectivity index (χ3n) is 3.47. The highest BCUT2D eigenvalue weighted by molar-refractivity contribution is 6.33. The van der Waals surface area contributed by atoms with Gasteiger partial charge in [-0.2, -0.15) is 0 Å². The molecule has 3 rings (SSSR count). The van der Waals surface area contributed by atoms with Crippen molar-refractivity contribution in [3.8, 4) is 0 Å². The fourth-order valence-electron chi connectivity index (χ4n) is 2.21. The maximum atomic E-state index is 11.0. The SMILES string of the molecule is CC(c1nnc2c(Cl)cc(C(=O)O)cn12)C1CC1. The fraction of sp³-hybridized carbons (Fsp3) is 0.417. The van der Waals surface area contributed by atoms with Crippen LogP contribution in [0.2, 0.25) is 5.02 Å². The van der Waals surface area contributed by atoms with Gasteiger partial charge in [0.25, 0.3) is 0 Å². The van der Waals surface area contributed by atoms with Crippen LogP contribution in [0.25, 0.3) is 5.65 Å². The first-order valence-electron chi connectivity index (χ1n) is 5.85. The largest absolute Gasteiger partial charge is 0.478 e. The highest BCUT2D eigenvalue weighted by Crippen LogP contribution is 2.41. The number of hydrogen-bond acceptors (Lipinski definition) is 3. The number of carboxylic acids is 1. The van der Waals surface area contributed by atoms with Crippen LogP contribution in [-0.2, 0) is 0 Å². The molecular formula is C12H12ClN3O2. The lowest BCUT2D eigenvalue weighted by Crippen LogP contribution is -2.05. The van der Waals surface area contributed by atoms with E-state index >= 15 is 0 Å². The van der Waals surface area contributed by atoms with Crippen molar-refractivity contribution < 1.29 is 9.90 Å². The molecule has 6 heteroatoms. The van der Waals surface area contributed by atoms with E-state index in [0.717, 1.165) is 5.82 Å². The van der Waals surface area contributed by atoms with Gasteiger partial charge in [-0.1, -0.05) is 18.5 Å². The summed E-state index contributed by atoms with van der Waals surface area (Å²) in [6.45, 7) is 2.09. The van der Waals surface area contributed by atoms with E-state index in [0.29, 0.717) is 16.6 Å². The van der Waals surface area contributed by atoms with E-state index in [1.54, 1.807) is 4.40 Å². The molecule has 0 radical (unpaired) electrons. The van der Waals surface area contributed by atoms with Crippen molar-refractivity contribution in [1.29, 1.82) is 0 Å². The molecule has 1 saturated carbocycles. The molecule has 1 aliphatic carbocycles. The molecule has 2 aromatic heterocycles. The zero-order valence-corrected chi connectivity index (χ0v) is 10.6. The number of carbonyl (C=O) groups is 1. The van der Waals surface area contributed by atoms with E-state index in [1.807, 2.05) is 0 Å². The third-order valence-corrected chi connectivity index (χ3v) is 3.75. The maximum absolute atomic E-state index is 11.0. The molecule has 0 saturated heterocycles. The molecule has 5 nitrogen and oxygen atoms in total. The van der Waals surface area contributed by atoms with Crippen LogP contribution in [0.15, 0.2) is 12.3 Å². The van der Waals surface area contributed by atoms with Gasteiger partial charge in [0.05, 0.1) is 10.6 Å². The first-order valence-corrected chi connectivity index (χ1v) is 6.23. The summed E-state index contributed by atoms with van der Waals surface area (Å²) >= 11 is 6.03. The van der Waals surface area contributed by atoms with Gasteiger partial charge < -0.3 is 5.11 Å². The zero-order valence-electron chi connectivity index (χ0n) is 9.80. The van der Waals surface area contributed by atoms with Gasteiger partial charge in [0.1, 0.15) is 5.82 Å². The topological polar surface area (TPSA) is 67.5 Å². The molecule has 0 bridgehead atoms. The van der Waals surface area contributed by atoms with E-state index in [9.17, 15) is 4.79 Å². The summed E-state index contributed by atoms with van der Waals surface area (Å²) in [7, 11) is 0. The third kappa shape index (κ3) is 1.75. The Hall–Kier alpha value is -1.62. The van der Waals surface area contributed by atoms with Crippen molar-refractivity contribution >= 4 is 23.2 Å². The number of aromatic nitrogens is 3. The maximum Gasteiger partial charge on any atom is 0.337 e. The zero-order chi connectivity index (χ0) is 12.9. The average Bonchev–Trinajstić information content (AvgIpc) is 3.08. The number of carboxylic acid groups (broad SMARTS) is 1. The molecule has 1 aliphatic rings. The molecule has 2 aromatic rings. The Morgan fingerprint density at radius 1 is 1.56 bits per heavy atom. The monoisotopic (exact) mass is 265 g/mol. The Balaban J connectivity index is 2.18. The predicted octanol–water partition coefficient (Wildman–Crippen LogP) is 2.59. The Morgan fingerprint density at radius 2 is 2.28 bits per heavy atom. The first-order chi connectivity index (χ1) is 8.58. The second-order valence-corrected chi connectivity index (χ2v) is 5.17. The molecule has 2 heterocycles. The summed E-state index contributed by atoms with van der Waals surface area (Å²) in [6, 6.07) is 1.40. The summed E-state index contributed by atoms with van der Waals surface area (Å²) in [5.74, 6) is 0.694. The van der Waals surface area contributed by atoms with Crippen LogP contribution in [0, 0.1) is 5.92 Å². The summed E-state index contributed by atoms with van der Waals surface area (Å²) in [6.07, 6.45) is 3.93. The van der Waals surface area contributed by atoms with Crippen LogP contribution >= 0.6 is 11.6 Å². The molecule has 0 aliphatic heterocycles. The highest BCUT2D eigenvalue weighted by Gasteiger charge is 2.32. The van der Waals surface area contributed by atoms with Gasteiger partial charge in [-0.15, -0.1) is 10.2 Å². The molecule has 0 spiro atoms. The van der Waals surface area contributed by atoms with Gasteiger partial charge in [0.2, 0.25) is 0 Å². The number of fused-ring (bicyclic) bond motifs is 1. The van der Waals surface area contributed by atoms with Gasteiger partial charge in [-0.25, -0.2) is 4.79 Å². The van der Waals surface area contributed by atoms with Crippen molar-refractivity contribution in [2.45, 2.75) is 25.7 Å². The normalized spacial score (nSPS) is 17.0. The smallest absolute Gasteiger partial charge is 0.337 e. The van der Waals surface area contributed by atoms with Crippen molar-refractivity contribution in [2.75, 3.05) is 0 Å². The highest BCUT2D eigenvalue weighted by atomic mass is 35.5. The van der Waals surface area contributed by atoms with Gasteiger partial charge in [0.15, 0.2) is 5.65 Å². The van der Waals surface area contributed by atoms with Crippen molar-refractivity contribution in [3.05, 3.63) is 28.7 Å². The minimum atomic E-state index is -1.00. The van der Waals surface area contributed by atoms with Crippen molar-refractivity contribution in [2.24, 2.45) is 5.92 Å². The van der Waals surface area contributed by atoms with Gasteiger partial charge in [-0.3, -0.25) is 4.40 Å². The van der Waals surface area contributed by atoms with Crippen LogP contribution in [0.5, 0.6) is 0 Å². The molecule has 0 amide bonds. The van der Waals surface area contributed by atoms with Crippen molar-refractivity contribution in [1.82, 2.24) is 14.6 Å². The van der Waals surface area contributed by atoms with E-state index in [4.69, 9.17) is 16.7 Å². The Labute approximate surface area is 108 Å².